The lowest BCUT2D eigenvalue weighted by Gasteiger charge is -2.27. The highest BCUT2D eigenvalue weighted by atomic mass is 16.2. The van der Waals surface area contributed by atoms with E-state index in [2.05, 4.69) is 155 Å². The molecule has 10 rings (SSSR count). The first-order valence-electron chi connectivity index (χ1n) is 21.9. The highest BCUT2D eigenvalue weighted by Crippen LogP contribution is 2.47. The molecule has 310 valence electrons. The van der Waals surface area contributed by atoms with Crippen molar-refractivity contribution in [3.63, 3.8) is 0 Å². The number of benzene rings is 8. The number of carbonyl (C=O) groups is 2. The van der Waals surface area contributed by atoms with Crippen LogP contribution in [0.4, 0.5) is 34.1 Å². The van der Waals surface area contributed by atoms with Gasteiger partial charge in [0, 0.05) is 47.2 Å². The number of rotatable bonds is 12. The summed E-state index contributed by atoms with van der Waals surface area (Å²) in [5.74, 6) is -0.317. The first-order chi connectivity index (χ1) is 31.5. The van der Waals surface area contributed by atoms with Crippen LogP contribution in [0.2, 0.25) is 0 Å². The van der Waals surface area contributed by atoms with Crippen LogP contribution in [0.25, 0.3) is 33.6 Å². The van der Waals surface area contributed by atoms with Gasteiger partial charge in [-0.1, -0.05) is 146 Å². The van der Waals surface area contributed by atoms with Gasteiger partial charge >= 0.3 is 0 Å². The minimum absolute atomic E-state index is 0.159. The first-order valence-corrected chi connectivity index (χ1v) is 21.9. The summed E-state index contributed by atoms with van der Waals surface area (Å²) in [6, 6.07) is 75.0. The molecule has 0 fully saturated rings. The predicted octanol–water partition coefficient (Wildman–Crippen LogP) is 13.8. The quantitative estimate of drug-likeness (QED) is 0.123. The molecule has 64 heavy (non-hydrogen) atoms. The lowest BCUT2D eigenvalue weighted by atomic mass is 10.0. The number of carbonyl (C=O) groups excluding carboxylic acids is 2. The largest absolute Gasteiger partial charge is 0.311 e. The predicted molar refractivity (Wildman–Crippen MR) is 262 cm³/mol. The summed E-state index contributed by atoms with van der Waals surface area (Å²) in [5.41, 5.74) is 14.5. The molecule has 0 saturated carbocycles. The van der Waals surface area contributed by atoms with Crippen LogP contribution in [-0.2, 0) is 9.59 Å². The average molecular weight is 831 g/mol. The van der Waals surface area contributed by atoms with E-state index in [9.17, 15) is 9.59 Å². The van der Waals surface area contributed by atoms with Crippen molar-refractivity contribution < 1.29 is 9.59 Å². The van der Waals surface area contributed by atoms with E-state index in [1.807, 2.05) is 86.6 Å². The molecule has 0 atom stereocenters. The van der Waals surface area contributed by atoms with Crippen LogP contribution in [0.3, 0.4) is 0 Å². The number of anilines is 6. The summed E-state index contributed by atoms with van der Waals surface area (Å²) >= 11 is 0. The van der Waals surface area contributed by atoms with E-state index >= 15 is 0 Å². The third-order valence-corrected chi connectivity index (χ3v) is 12.1. The monoisotopic (exact) mass is 830 g/mol. The van der Waals surface area contributed by atoms with Gasteiger partial charge in [0.1, 0.15) is 0 Å². The molecular weight excluding hydrogens is 785 g/mol. The molecular formula is C58H46N4O2. The molecule has 6 heteroatoms. The van der Waals surface area contributed by atoms with Crippen molar-refractivity contribution in [2.75, 3.05) is 22.9 Å². The molecule has 0 radical (unpaired) electrons. The Kier molecular flexibility index (Phi) is 10.8. The third-order valence-electron chi connectivity index (χ3n) is 12.1. The number of amides is 2. The van der Waals surface area contributed by atoms with E-state index in [1.54, 1.807) is 9.80 Å². The van der Waals surface area contributed by atoms with E-state index in [-0.39, 0.29) is 11.8 Å². The van der Waals surface area contributed by atoms with Crippen molar-refractivity contribution in [3.8, 4) is 22.3 Å². The molecule has 8 aromatic carbocycles. The minimum Gasteiger partial charge on any atom is -0.311 e. The molecule has 0 aliphatic carbocycles. The van der Waals surface area contributed by atoms with Crippen LogP contribution in [0.5, 0.6) is 0 Å². The van der Waals surface area contributed by atoms with Gasteiger partial charge in [0.05, 0.1) is 22.5 Å². The second-order valence-electron chi connectivity index (χ2n) is 15.8. The zero-order valence-corrected chi connectivity index (χ0v) is 35.8. The molecule has 2 heterocycles. The van der Waals surface area contributed by atoms with Crippen molar-refractivity contribution in [1.29, 1.82) is 0 Å². The van der Waals surface area contributed by atoms with Gasteiger partial charge in [-0.3, -0.25) is 9.59 Å². The van der Waals surface area contributed by atoms with Crippen molar-refractivity contribution in [2.24, 2.45) is 0 Å². The Morgan fingerprint density at radius 2 is 0.531 bits per heavy atom. The summed E-state index contributed by atoms with van der Waals surface area (Å²) in [6.45, 7) is 4.78. The fourth-order valence-electron chi connectivity index (χ4n) is 9.05. The SMILES string of the molecule is CCN1C(=O)C2=C(c3ccc(N(c4ccccc4)c4ccc(-c5ccccc5)cc4)cc3)N(CC)C(=O)C2=C1c1ccc(N(c2ccccc2)c2ccc(-c3ccccc3)cc2)cc1. The van der Waals surface area contributed by atoms with Gasteiger partial charge in [0.25, 0.3) is 11.8 Å². The number of hydrogen-bond donors (Lipinski definition) is 0. The van der Waals surface area contributed by atoms with Gasteiger partial charge < -0.3 is 19.6 Å². The average Bonchev–Trinajstić information content (AvgIpc) is 3.83. The van der Waals surface area contributed by atoms with Crippen molar-refractivity contribution >= 4 is 57.3 Å². The lowest BCUT2D eigenvalue weighted by molar-refractivity contribution is -0.124. The molecule has 2 amide bonds. The second kappa shape index (κ2) is 17.3. The Labute approximate surface area is 374 Å². The maximum Gasteiger partial charge on any atom is 0.261 e. The summed E-state index contributed by atoms with van der Waals surface area (Å²) in [7, 11) is 0. The molecule has 0 unspecified atom stereocenters. The third kappa shape index (κ3) is 7.25. The zero-order valence-electron chi connectivity index (χ0n) is 35.8. The lowest BCUT2D eigenvalue weighted by Crippen LogP contribution is -2.29. The van der Waals surface area contributed by atoms with Gasteiger partial charge in [0.15, 0.2) is 0 Å². The maximum atomic E-state index is 14.6. The number of fused-ring (bicyclic) bond motifs is 1. The van der Waals surface area contributed by atoms with Gasteiger partial charge in [-0.05, 0) is 120 Å². The van der Waals surface area contributed by atoms with Gasteiger partial charge in [-0.25, -0.2) is 0 Å². The Hall–Kier alpha value is -8.22. The number of nitrogens with zero attached hydrogens (tertiary/aromatic N) is 4. The fraction of sp³-hybridized carbons (Fsp3) is 0.0690. The minimum atomic E-state index is -0.159. The van der Waals surface area contributed by atoms with Crippen molar-refractivity contribution in [1.82, 2.24) is 9.80 Å². The number of hydrogen-bond acceptors (Lipinski definition) is 4. The van der Waals surface area contributed by atoms with Crippen LogP contribution in [0.1, 0.15) is 25.0 Å². The molecule has 8 aromatic rings. The topological polar surface area (TPSA) is 47.1 Å². The highest BCUT2D eigenvalue weighted by Gasteiger charge is 2.48. The zero-order chi connectivity index (χ0) is 43.6. The molecule has 0 spiro atoms. The van der Waals surface area contributed by atoms with Crippen LogP contribution in [-0.4, -0.2) is 34.7 Å². The van der Waals surface area contributed by atoms with E-state index in [4.69, 9.17) is 0 Å². The van der Waals surface area contributed by atoms with Crippen LogP contribution in [0, 0.1) is 0 Å². The summed E-state index contributed by atoms with van der Waals surface area (Å²) < 4.78 is 0. The molecule has 0 saturated heterocycles. The molecule has 0 N–H and O–H groups in total. The Bertz CT molecular complexity index is 2790. The molecule has 6 nitrogen and oxygen atoms in total. The summed E-state index contributed by atoms with van der Waals surface area (Å²) in [6.07, 6.45) is 0. The van der Waals surface area contributed by atoms with Crippen molar-refractivity contribution in [3.05, 3.63) is 241 Å². The van der Waals surface area contributed by atoms with Crippen molar-refractivity contribution in [2.45, 2.75) is 13.8 Å². The molecule has 0 bridgehead atoms. The van der Waals surface area contributed by atoms with E-state index < -0.39 is 0 Å². The maximum absolute atomic E-state index is 14.6. The smallest absolute Gasteiger partial charge is 0.261 e. The molecule has 2 aliphatic rings. The number of para-hydroxylation sites is 2. The first kappa shape index (κ1) is 39.9. The highest BCUT2D eigenvalue weighted by molar-refractivity contribution is 6.30. The fourth-order valence-corrected chi connectivity index (χ4v) is 9.05. The summed E-state index contributed by atoms with van der Waals surface area (Å²) in [4.78, 5) is 37.1. The van der Waals surface area contributed by atoms with Gasteiger partial charge in [0.2, 0.25) is 0 Å². The van der Waals surface area contributed by atoms with Gasteiger partial charge in [-0.15, -0.1) is 0 Å². The Morgan fingerprint density at radius 1 is 0.297 bits per heavy atom. The second-order valence-corrected chi connectivity index (χ2v) is 15.8. The standard InChI is InChI=1S/C58H46N4O2/c1-3-59-55(45-29-37-51(38-30-45)61(47-21-13-7-14-22-47)49-33-25-43(26-34-49)41-17-9-5-10-18-41)53-54(57(59)63)56(60(4-2)58(53)64)46-31-39-52(40-32-46)62(48-23-15-8-16-24-48)50-35-27-44(28-36-50)42-19-11-6-12-20-42/h5-40H,3-4H2,1-2H3. The Morgan fingerprint density at radius 3 is 0.812 bits per heavy atom. The van der Waals surface area contributed by atoms with Gasteiger partial charge in [-0.2, -0.15) is 0 Å². The van der Waals surface area contributed by atoms with Crippen LogP contribution in [0.15, 0.2) is 230 Å². The van der Waals surface area contributed by atoms with E-state index in [0.717, 1.165) is 67.5 Å². The van der Waals surface area contributed by atoms with Crippen LogP contribution >= 0.6 is 0 Å². The molecule has 0 aromatic heterocycles. The van der Waals surface area contributed by atoms with E-state index in [0.29, 0.717) is 35.6 Å². The summed E-state index contributed by atoms with van der Waals surface area (Å²) in [5, 5.41) is 0. The Balaban J connectivity index is 1.01. The molecule has 2 aliphatic heterocycles. The van der Waals surface area contributed by atoms with Crippen LogP contribution < -0.4 is 9.80 Å². The van der Waals surface area contributed by atoms with E-state index in [1.165, 1.54) is 0 Å². The normalized spacial score (nSPS) is 13.5. The number of likely N-dealkylation sites (N-methyl/N-ethyl adjacent to an activating group) is 2.